The normalized spacial score (nSPS) is 39.9. The van der Waals surface area contributed by atoms with E-state index >= 15 is 0 Å². The molecule has 4 atom stereocenters. The second-order valence-electron chi connectivity index (χ2n) is 8.61. The van der Waals surface area contributed by atoms with Gasteiger partial charge in [-0.25, -0.2) is 4.79 Å². The van der Waals surface area contributed by atoms with Gasteiger partial charge in [-0.05, 0) is 54.9 Å². The molecule has 1 saturated heterocycles. The molecule has 1 N–H and O–H groups in total. The Kier molecular flexibility index (Phi) is 4.20. The van der Waals surface area contributed by atoms with Crippen LogP contribution in [-0.2, 0) is 9.53 Å². The molecule has 0 aromatic rings. The number of hydrogen-bond donors (Lipinski definition) is 1. The molecule has 0 bridgehead atoms. The van der Waals surface area contributed by atoms with Gasteiger partial charge in [0.15, 0.2) is 0 Å². The highest BCUT2D eigenvalue weighted by Crippen LogP contribution is 2.61. The van der Waals surface area contributed by atoms with E-state index in [1.165, 1.54) is 19.3 Å². The van der Waals surface area contributed by atoms with Crippen molar-refractivity contribution in [2.24, 2.45) is 22.7 Å². The van der Waals surface area contributed by atoms with Gasteiger partial charge in [0.25, 0.3) is 0 Å². The highest BCUT2D eigenvalue weighted by molar-refractivity contribution is 5.90. The number of hydrogen-bond acceptors (Lipinski definition) is 3. The predicted molar refractivity (Wildman–Crippen MR) is 90.8 cm³/mol. The smallest absolute Gasteiger partial charge is 0.334 e. The van der Waals surface area contributed by atoms with Gasteiger partial charge in [0.1, 0.15) is 6.10 Å². The van der Waals surface area contributed by atoms with Crippen LogP contribution in [0.1, 0.15) is 59.8 Å². The minimum Gasteiger partial charge on any atom is -0.454 e. The molecule has 0 spiro atoms. The van der Waals surface area contributed by atoms with Gasteiger partial charge in [-0.2, -0.15) is 0 Å². The Morgan fingerprint density at radius 3 is 2.83 bits per heavy atom. The number of aliphatic hydroxyl groups excluding tert-OH is 1. The maximum absolute atomic E-state index is 12.5. The van der Waals surface area contributed by atoms with Crippen molar-refractivity contribution < 1.29 is 14.6 Å². The number of cyclic esters (lactones) is 1. The topological polar surface area (TPSA) is 46.5 Å². The van der Waals surface area contributed by atoms with Gasteiger partial charge in [0.2, 0.25) is 0 Å². The SMILES string of the molecule is C/C(=C\CO)[C@@H]1C[C@H]2C(=CC[C@@H]3C(C)(C)CCC[C@@]32C)C(=O)O1. The average molecular weight is 318 g/mol. The number of aliphatic hydroxyl groups is 1. The minimum absolute atomic E-state index is 0.000170. The summed E-state index contributed by atoms with van der Waals surface area (Å²) in [6, 6.07) is 0. The van der Waals surface area contributed by atoms with Crippen molar-refractivity contribution in [3.05, 3.63) is 23.3 Å². The third-order valence-corrected chi connectivity index (χ3v) is 6.88. The number of ether oxygens (including phenoxy) is 1. The van der Waals surface area contributed by atoms with Crippen molar-refractivity contribution in [2.45, 2.75) is 65.9 Å². The molecule has 0 radical (unpaired) electrons. The van der Waals surface area contributed by atoms with E-state index in [2.05, 4.69) is 26.8 Å². The molecule has 23 heavy (non-hydrogen) atoms. The van der Waals surface area contributed by atoms with Crippen LogP contribution in [0.5, 0.6) is 0 Å². The molecule has 1 aliphatic heterocycles. The van der Waals surface area contributed by atoms with Crippen LogP contribution in [0.25, 0.3) is 0 Å². The summed E-state index contributed by atoms with van der Waals surface area (Å²) >= 11 is 0. The summed E-state index contributed by atoms with van der Waals surface area (Å²) in [5, 5.41) is 9.14. The van der Waals surface area contributed by atoms with Crippen LogP contribution in [-0.4, -0.2) is 23.8 Å². The van der Waals surface area contributed by atoms with E-state index < -0.39 is 0 Å². The minimum atomic E-state index is -0.183. The van der Waals surface area contributed by atoms with Crippen LogP contribution in [0.15, 0.2) is 23.3 Å². The van der Waals surface area contributed by atoms with E-state index in [4.69, 9.17) is 9.84 Å². The van der Waals surface area contributed by atoms with Gasteiger partial charge in [0.05, 0.1) is 6.61 Å². The predicted octanol–water partition coefficient (Wildman–Crippen LogP) is 4.02. The van der Waals surface area contributed by atoms with Gasteiger partial charge < -0.3 is 9.84 Å². The van der Waals surface area contributed by atoms with E-state index in [1.807, 2.05) is 6.92 Å². The second kappa shape index (κ2) is 5.77. The maximum Gasteiger partial charge on any atom is 0.334 e. The van der Waals surface area contributed by atoms with Crippen molar-refractivity contribution in [1.82, 2.24) is 0 Å². The molecular weight excluding hydrogens is 288 g/mol. The Bertz CT molecular complexity index is 557. The molecule has 0 aromatic heterocycles. The van der Waals surface area contributed by atoms with Gasteiger partial charge in [-0.3, -0.25) is 0 Å². The molecule has 3 rings (SSSR count). The maximum atomic E-state index is 12.5. The summed E-state index contributed by atoms with van der Waals surface area (Å²) in [6.45, 7) is 9.14. The van der Waals surface area contributed by atoms with Crippen LogP contribution in [0.3, 0.4) is 0 Å². The van der Waals surface area contributed by atoms with E-state index in [0.29, 0.717) is 11.3 Å². The van der Waals surface area contributed by atoms with Gasteiger partial charge in [0, 0.05) is 11.5 Å². The largest absolute Gasteiger partial charge is 0.454 e. The summed E-state index contributed by atoms with van der Waals surface area (Å²) in [5.41, 5.74) is 2.40. The third-order valence-electron chi connectivity index (χ3n) is 6.88. The molecule has 128 valence electrons. The van der Waals surface area contributed by atoms with E-state index in [0.717, 1.165) is 24.0 Å². The van der Waals surface area contributed by atoms with Crippen LogP contribution in [0.2, 0.25) is 0 Å². The monoisotopic (exact) mass is 318 g/mol. The lowest BCUT2D eigenvalue weighted by Crippen LogP contribution is -2.52. The standard InChI is InChI=1S/C20H30O3/c1-13(8-11-21)16-12-15-14(18(22)23-16)6-7-17-19(2,3)9-5-10-20(15,17)4/h6,8,15-17,21H,5,7,9-12H2,1-4H3/b13-8+/t15-,16-,17+,20+/m0/s1. The fourth-order valence-corrected chi connectivity index (χ4v) is 5.55. The van der Waals surface area contributed by atoms with Crippen LogP contribution in [0.4, 0.5) is 0 Å². The number of carbonyl (C=O) groups excluding carboxylic acids is 1. The zero-order chi connectivity index (χ0) is 16.8. The zero-order valence-corrected chi connectivity index (χ0v) is 14.9. The average Bonchev–Trinajstić information content (AvgIpc) is 2.47. The van der Waals surface area contributed by atoms with Crippen molar-refractivity contribution in [2.75, 3.05) is 6.61 Å². The summed E-state index contributed by atoms with van der Waals surface area (Å²) in [4.78, 5) is 12.5. The molecule has 3 heteroatoms. The first-order chi connectivity index (χ1) is 10.8. The van der Waals surface area contributed by atoms with Crippen molar-refractivity contribution >= 4 is 5.97 Å². The quantitative estimate of drug-likeness (QED) is 0.618. The van der Waals surface area contributed by atoms with Gasteiger partial charge >= 0.3 is 5.97 Å². The molecule has 2 fully saturated rings. The Balaban J connectivity index is 1.96. The molecule has 0 aromatic carbocycles. The number of rotatable bonds is 2. The van der Waals surface area contributed by atoms with Crippen LogP contribution >= 0.6 is 0 Å². The molecular formula is C20H30O3. The first-order valence-electron chi connectivity index (χ1n) is 8.98. The van der Waals surface area contributed by atoms with E-state index in [-0.39, 0.29) is 30.0 Å². The Morgan fingerprint density at radius 2 is 2.13 bits per heavy atom. The highest BCUT2D eigenvalue weighted by Gasteiger charge is 2.55. The van der Waals surface area contributed by atoms with E-state index in [1.54, 1.807) is 6.08 Å². The molecule has 0 unspecified atom stereocenters. The third kappa shape index (κ3) is 2.67. The summed E-state index contributed by atoms with van der Waals surface area (Å²) in [5.74, 6) is 0.778. The summed E-state index contributed by atoms with van der Waals surface area (Å²) in [6.07, 6.45) is 9.33. The zero-order valence-electron chi connectivity index (χ0n) is 14.9. The molecule has 2 aliphatic carbocycles. The second-order valence-corrected chi connectivity index (χ2v) is 8.61. The lowest BCUT2D eigenvalue weighted by Gasteiger charge is -2.58. The molecule has 1 saturated carbocycles. The first kappa shape index (κ1) is 16.8. The van der Waals surface area contributed by atoms with E-state index in [9.17, 15) is 4.79 Å². The number of esters is 1. The number of carbonyl (C=O) groups is 1. The molecule has 3 nitrogen and oxygen atoms in total. The van der Waals surface area contributed by atoms with Crippen LogP contribution < -0.4 is 0 Å². The first-order valence-corrected chi connectivity index (χ1v) is 8.98. The molecule has 0 amide bonds. The van der Waals surface area contributed by atoms with Crippen molar-refractivity contribution in [3.63, 3.8) is 0 Å². The Labute approximate surface area is 139 Å². The molecule has 1 heterocycles. The fraction of sp³-hybridized carbons (Fsp3) is 0.750. The van der Waals surface area contributed by atoms with Crippen molar-refractivity contribution in [1.29, 1.82) is 0 Å². The summed E-state index contributed by atoms with van der Waals surface area (Å²) < 4.78 is 5.66. The Morgan fingerprint density at radius 1 is 1.39 bits per heavy atom. The van der Waals surface area contributed by atoms with Gasteiger partial charge in [-0.15, -0.1) is 0 Å². The van der Waals surface area contributed by atoms with Crippen molar-refractivity contribution in [3.8, 4) is 0 Å². The lowest BCUT2D eigenvalue weighted by atomic mass is 9.47. The number of fused-ring (bicyclic) bond motifs is 3. The highest BCUT2D eigenvalue weighted by atomic mass is 16.5. The summed E-state index contributed by atoms with van der Waals surface area (Å²) in [7, 11) is 0. The van der Waals surface area contributed by atoms with Gasteiger partial charge in [-0.1, -0.05) is 39.3 Å². The molecule has 3 aliphatic rings. The fourth-order valence-electron chi connectivity index (χ4n) is 5.55. The lowest BCUT2D eigenvalue weighted by molar-refractivity contribution is -0.153. The number of allylic oxidation sites excluding steroid dienone is 1. The van der Waals surface area contributed by atoms with Crippen LogP contribution in [0, 0.1) is 22.7 Å². The Hall–Kier alpha value is -1.09.